The SMILES string of the molecule is COc1ccc(C(=O)NCc2nnc(SCC(=O)N3N=C(c4cccs4)CC3c3ccc(F)cc3)n2Cc2ccccc2)cc1OC. The van der Waals surface area contributed by atoms with Crippen molar-refractivity contribution in [3.05, 3.63) is 124 Å². The Labute approximate surface area is 279 Å². The number of thiophene rings is 1. The highest BCUT2D eigenvalue weighted by atomic mass is 32.2. The summed E-state index contributed by atoms with van der Waals surface area (Å²) in [6.07, 6.45) is 0.524. The fourth-order valence-electron chi connectivity index (χ4n) is 5.19. The van der Waals surface area contributed by atoms with Gasteiger partial charge in [-0.25, -0.2) is 9.40 Å². The Bertz CT molecular complexity index is 1880. The van der Waals surface area contributed by atoms with Crippen LogP contribution in [0.5, 0.6) is 11.5 Å². The summed E-state index contributed by atoms with van der Waals surface area (Å²) >= 11 is 2.81. The van der Waals surface area contributed by atoms with E-state index in [9.17, 15) is 14.0 Å². The Hall–Kier alpha value is -5.01. The highest BCUT2D eigenvalue weighted by Gasteiger charge is 2.33. The van der Waals surface area contributed by atoms with Gasteiger partial charge >= 0.3 is 0 Å². The van der Waals surface area contributed by atoms with Gasteiger partial charge in [0.25, 0.3) is 11.8 Å². The normalized spacial score (nSPS) is 14.1. The lowest BCUT2D eigenvalue weighted by Gasteiger charge is -2.22. The van der Waals surface area contributed by atoms with Crippen LogP contribution >= 0.6 is 23.1 Å². The van der Waals surface area contributed by atoms with E-state index in [0.717, 1.165) is 21.7 Å². The minimum Gasteiger partial charge on any atom is -0.493 e. The van der Waals surface area contributed by atoms with Crippen molar-refractivity contribution in [1.82, 2.24) is 25.1 Å². The lowest BCUT2D eigenvalue weighted by atomic mass is 10.0. The number of hydrogen-bond donors (Lipinski definition) is 1. The molecule has 6 rings (SSSR count). The number of carbonyl (C=O) groups is 2. The molecule has 3 heterocycles. The zero-order chi connectivity index (χ0) is 32.8. The molecule has 0 fully saturated rings. The molecule has 0 radical (unpaired) electrons. The molecule has 13 heteroatoms. The van der Waals surface area contributed by atoms with E-state index in [1.54, 1.807) is 41.7 Å². The largest absolute Gasteiger partial charge is 0.493 e. The van der Waals surface area contributed by atoms with Gasteiger partial charge in [0, 0.05) is 12.0 Å². The van der Waals surface area contributed by atoms with Gasteiger partial charge in [0.2, 0.25) is 0 Å². The highest BCUT2D eigenvalue weighted by Crippen LogP contribution is 2.35. The van der Waals surface area contributed by atoms with Crippen molar-refractivity contribution >= 4 is 40.6 Å². The van der Waals surface area contributed by atoms with Crippen molar-refractivity contribution in [2.24, 2.45) is 5.10 Å². The van der Waals surface area contributed by atoms with Crippen LogP contribution in [0, 0.1) is 5.82 Å². The molecule has 1 N–H and O–H groups in total. The lowest BCUT2D eigenvalue weighted by molar-refractivity contribution is -0.130. The highest BCUT2D eigenvalue weighted by molar-refractivity contribution is 7.99. The molecule has 1 aliphatic rings. The summed E-state index contributed by atoms with van der Waals surface area (Å²) in [4.78, 5) is 27.8. The summed E-state index contributed by atoms with van der Waals surface area (Å²) in [5.41, 5.74) is 3.03. The van der Waals surface area contributed by atoms with E-state index in [0.29, 0.717) is 41.0 Å². The van der Waals surface area contributed by atoms with Crippen molar-refractivity contribution in [1.29, 1.82) is 0 Å². The quantitative estimate of drug-likeness (QED) is 0.164. The predicted molar refractivity (Wildman–Crippen MR) is 178 cm³/mol. The second kappa shape index (κ2) is 14.6. The van der Waals surface area contributed by atoms with Crippen LogP contribution in [-0.2, 0) is 17.9 Å². The number of benzene rings is 3. The monoisotopic (exact) mass is 670 g/mol. The average molecular weight is 671 g/mol. The van der Waals surface area contributed by atoms with Gasteiger partial charge in [-0.1, -0.05) is 60.3 Å². The Balaban J connectivity index is 1.20. The zero-order valence-corrected chi connectivity index (χ0v) is 27.3. The van der Waals surface area contributed by atoms with Gasteiger partial charge in [0.15, 0.2) is 22.5 Å². The molecule has 3 aromatic carbocycles. The van der Waals surface area contributed by atoms with Crippen LogP contribution in [0.4, 0.5) is 4.39 Å². The maximum Gasteiger partial charge on any atom is 0.253 e. The first-order valence-corrected chi connectivity index (χ1v) is 16.6. The molecule has 1 aliphatic heterocycles. The standard InChI is InChI=1S/C34H31FN6O4S2/c1-44-28-15-12-24(17-29(28)45-2)33(43)36-19-31-37-38-34(40(31)20-22-7-4-3-5-8-22)47-21-32(42)41-27(23-10-13-25(35)14-11-23)18-26(39-41)30-9-6-16-46-30/h3-17,27H,18-21H2,1-2H3,(H,36,43). The van der Waals surface area contributed by atoms with Crippen LogP contribution in [0.3, 0.4) is 0 Å². The van der Waals surface area contributed by atoms with E-state index in [4.69, 9.17) is 14.6 Å². The second-order valence-corrected chi connectivity index (χ2v) is 12.4. The van der Waals surface area contributed by atoms with Gasteiger partial charge in [-0.3, -0.25) is 9.59 Å². The van der Waals surface area contributed by atoms with E-state index in [1.807, 2.05) is 52.4 Å². The van der Waals surface area contributed by atoms with Gasteiger partial charge in [-0.05, 0) is 52.9 Å². The summed E-state index contributed by atoms with van der Waals surface area (Å²) < 4.78 is 26.2. The number of ether oxygens (including phenoxy) is 2. The van der Waals surface area contributed by atoms with E-state index in [1.165, 1.54) is 43.1 Å². The summed E-state index contributed by atoms with van der Waals surface area (Å²) in [6.45, 7) is 0.545. The molecule has 0 bridgehead atoms. The third kappa shape index (κ3) is 7.36. The Morgan fingerprint density at radius 1 is 0.979 bits per heavy atom. The van der Waals surface area contributed by atoms with Gasteiger partial charge in [0.1, 0.15) is 5.82 Å². The number of carbonyl (C=O) groups excluding carboxylic acids is 2. The average Bonchev–Trinajstić information content (AvgIpc) is 3.87. The number of thioether (sulfide) groups is 1. The molecule has 2 aromatic heterocycles. The molecular formula is C34H31FN6O4S2. The number of halogens is 1. The molecular weight excluding hydrogens is 640 g/mol. The second-order valence-electron chi connectivity index (χ2n) is 10.5. The number of methoxy groups -OCH3 is 2. The summed E-state index contributed by atoms with van der Waals surface area (Å²) in [7, 11) is 3.04. The van der Waals surface area contributed by atoms with Gasteiger partial charge in [-0.2, -0.15) is 5.10 Å². The first-order chi connectivity index (χ1) is 22.9. The van der Waals surface area contributed by atoms with E-state index < -0.39 is 0 Å². The van der Waals surface area contributed by atoms with Gasteiger partial charge in [-0.15, -0.1) is 21.5 Å². The van der Waals surface area contributed by atoms with Gasteiger partial charge < -0.3 is 19.4 Å². The van der Waals surface area contributed by atoms with Crippen LogP contribution < -0.4 is 14.8 Å². The van der Waals surface area contributed by atoms with E-state index in [2.05, 4.69) is 15.5 Å². The number of hydrazone groups is 1. The van der Waals surface area contributed by atoms with Crippen LogP contribution in [0.15, 0.2) is 101 Å². The summed E-state index contributed by atoms with van der Waals surface area (Å²) in [5.74, 6) is 0.674. The minimum atomic E-state index is -0.356. The maximum absolute atomic E-state index is 13.7. The maximum atomic E-state index is 13.7. The van der Waals surface area contributed by atoms with Crippen LogP contribution in [0.1, 0.15) is 44.6 Å². The number of aromatic nitrogens is 3. The Morgan fingerprint density at radius 3 is 2.49 bits per heavy atom. The summed E-state index contributed by atoms with van der Waals surface area (Å²) in [5, 5.41) is 20.4. The third-order valence-electron chi connectivity index (χ3n) is 7.58. The fourth-order valence-corrected chi connectivity index (χ4v) is 6.72. The first kappa shape index (κ1) is 32.0. The molecule has 47 heavy (non-hydrogen) atoms. The van der Waals surface area contributed by atoms with Crippen molar-refractivity contribution in [3.63, 3.8) is 0 Å². The van der Waals surface area contributed by atoms with Crippen molar-refractivity contribution in [2.75, 3.05) is 20.0 Å². The molecule has 2 amide bonds. The number of amides is 2. The molecule has 240 valence electrons. The van der Waals surface area contributed by atoms with Crippen LogP contribution in [0.25, 0.3) is 0 Å². The van der Waals surface area contributed by atoms with Gasteiger partial charge in [0.05, 0.1) is 49.7 Å². The third-order valence-corrected chi connectivity index (χ3v) is 9.45. The van der Waals surface area contributed by atoms with Crippen LogP contribution in [-0.4, -0.2) is 57.3 Å². The number of nitrogens with one attached hydrogen (secondary N) is 1. The predicted octanol–water partition coefficient (Wildman–Crippen LogP) is 5.94. The van der Waals surface area contributed by atoms with E-state index >= 15 is 0 Å². The molecule has 0 saturated carbocycles. The molecule has 10 nitrogen and oxygen atoms in total. The molecule has 5 aromatic rings. The molecule has 1 unspecified atom stereocenters. The van der Waals surface area contributed by atoms with Crippen molar-refractivity contribution in [2.45, 2.75) is 30.7 Å². The molecule has 0 saturated heterocycles. The molecule has 0 aliphatic carbocycles. The first-order valence-electron chi connectivity index (χ1n) is 14.7. The Kier molecular flexibility index (Phi) is 9.93. The van der Waals surface area contributed by atoms with Crippen LogP contribution in [0.2, 0.25) is 0 Å². The van der Waals surface area contributed by atoms with Crippen molar-refractivity contribution in [3.8, 4) is 11.5 Å². The fraction of sp³-hybridized carbons (Fsp3) is 0.206. The molecule has 1 atom stereocenters. The topological polar surface area (TPSA) is 111 Å². The van der Waals surface area contributed by atoms with E-state index in [-0.39, 0.29) is 36.0 Å². The molecule has 0 spiro atoms. The lowest BCUT2D eigenvalue weighted by Crippen LogP contribution is -2.28. The number of nitrogens with zero attached hydrogens (tertiary/aromatic N) is 5. The number of hydrogen-bond acceptors (Lipinski definition) is 9. The zero-order valence-electron chi connectivity index (χ0n) is 25.6. The smallest absolute Gasteiger partial charge is 0.253 e. The van der Waals surface area contributed by atoms with Crippen molar-refractivity contribution < 1.29 is 23.5 Å². The Morgan fingerprint density at radius 2 is 1.77 bits per heavy atom. The number of rotatable bonds is 12. The summed E-state index contributed by atoms with van der Waals surface area (Å²) in [6, 6.07) is 24.5. The minimum absolute atomic E-state index is 0.0455.